The maximum atomic E-state index is 4.32. The molecule has 0 aromatic rings. The highest BCUT2D eigenvalue weighted by Gasteiger charge is 2.13. The standard InChI is InChI=1S/C12H23N3/c1-11(2)13-9-12(3)10-15-7-5-14(4)6-8-15/h9H,5-8,10H2,1-4H3/b12-9+. The Kier molecular flexibility index (Phi) is 4.99. The predicted octanol–water partition coefficient (Wildman–Crippen LogP) is 1.62. The Hall–Kier alpha value is -0.670. The monoisotopic (exact) mass is 209 g/mol. The van der Waals surface area contributed by atoms with Crippen LogP contribution in [0, 0.1) is 0 Å². The molecule has 0 saturated carbocycles. The van der Waals surface area contributed by atoms with Crippen LogP contribution >= 0.6 is 0 Å². The van der Waals surface area contributed by atoms with Crippen LogP contribution in [0.25, 0.3) is 0 Å². The summed E-state index contributed by atoms with van der Waals surface area (Å²) in [6.07, 6.45) is 1.99. The normalized spacial score (nSPS) is 20.4. The highest BCUT2D eigenvalue weighted by atomic mass is 15.2. The van der Waals surface area contributed by atoms with E-state index < -0.39 is 0 Å². The third-order valence-corrected chi connectivity index (χ3v) is 2.61. The second-order valence-corrected chi connectivity index (χ2v) is 4.63. The third kappa shape index (κ3) is 5.09. The lowest BCUT2D eigenvalue weighted by Crippen LogP contribution is -2.44. The number of nitrogens with zero attached hydrogens (tertiary/aromatic N) is 3. The van der Waals surface area contributed by atoms with E-state index in [1.165, 1.54) is 31.8 Å². The fraction of sp³-hybridized carbons (Fsp3) is 0.750. The summed E-state index contributed by atoms with van der Waals surface area (Å²) in [7, 11) is 2.19. The van der Waals surface area contributed by atoms with Crippen molar-refractivity contribution < 1.29 is 0 Å². The number of hydrogen-bond donors (Lipinski definition) is 0. The van der Waals surface area contributed by atoms with E-state index in [0.29, 0.717) is 0 Å². The summed E-state index contributed by atoms with van der Waals surface area (Å²) in [6, 6.07) is 0. The minimum Gasteiger partial charge on any atom is -0.304 e. The topological polar surface area (TPSA) is 18.8 Å². The summed E-state index contributed by atoms with van der Waals surface area (Å²) in [6.45, 7) is 12.0. The quantitative estimate of drug-likeness (QED) is 0.658. The van der Waals surface area contributed by atoms with Gasteiger partial charge in [-0.2, -0.15) is 0 Å². The molecular formula is C12H23N3. The van der Waals surface area contributed by atoms with Gasteiger partial charge in [-0.05, 0) is 33.4 Å². The molecular weight excluding hydrogens is 186 g/mol. The van der Waals surface area contributed by atoms with Gasteiger partial charge in [-0.3, -0.25) is 9.89 Å². The highest BCUT2D eigenvalue weighted by molar-refractivity contribution is 5.79. The molecule has 1 fully saturated rings. The van der Waals surface area contributed by atoms with Gasteiger partial charge in [-0.1, -0.05) is 0 Å². The first-order valence-electron chi connectivity index (χ1n) is 5.65. The largest absolute Gasteiger partial charge is 0.304 e. The molecule has 1 rings (SSSR count). The smallest absolute Gasteiger partial charge is 0.0269 e. The maximum Gasteiger partial charge on any atom is 0.0269 e. The number of rotatable bonds is 3. The lowest BCUT2D eigenvalue weighted by Gasteiger charge is -2.32. The van der Waals surface area contributed by atoms with Crippen molar-refractivity contribution >= 4 is 5.71 Å². The molecule has 1 saturated heterocycles. The van der Waals surface area contributed by atoms with E-state index in [0.717, 1.165) is 12.3 Å². The number of piperazine rings is 1. The predicted molar refractivity (Wildman–Crippen MR) is 66.5 cm³/mol. The molecule has 1 aliphatic heterocycles. The van der Waals surface area contributed by atoms with Crippen LogP contribution in [0.15, 0.2) is 16.8 Å². The number of hydrogen-bond acceptors (Lipinski definition) is 3. The van der Waals surface area contributed by atoms with Crippen molar-refractivity contribution in [3.8, 4) is 0 Å². The minimum absolute atomic E-state index is 1.06. The molecule has 0 N–H and O–H groups in total. The molecule has 1 aliphatic rings. The van der Waals surface area contributed by atoms with Crippen LogP contribution in [-0.4, -0.2) is 55.3 Å². The van der Waals surface area contributed by atoms with Gasteiger partial charge in [0, 0.05) is 44.6 Å². The summed E-state index contributed by atoms with van der Waals surface area (Å²) in [5, 5.41) is 0. The van der Waals surface area contributed by atoms with Crippen molar-refractivity contribution in [1.29, 1.82) is 0 Å². The van der Waals surface area contributed by atoms with Gasteiger partial charge >= 0.3 is 0 Å². The lowest BCUT2D eigenvalue weighted by atomic mass is 10.2. The Balaban J connectivity index is 2.35. The van der Waals surface area contributed by atoms with Crippen LogP contribution in [0.3, 0.4) is 0 Å². The van der Waals surface area contributed by atoms with E-state index in [-0.39, 0.29) is 0 Å². The zero-order valence-electron chi connectivity index (χ0n) is 10.5. The summed E-state index contributed by atoms with van der Waals surface area (Å²) in [5.74, 6) is 0. The van der Waals surface area contributed by atoms with Crippen LogP contribution in [0.5, 0.6) is 0 Å². The Morgan fingerprint density at radius 3 is 2.27 bits per heavy atom. The zero-order chi connectivity index (χ0) is 11.3. The molecule has 15 heavy (non-hydrogen) atoms. The van der Waals surface area contributed by atoms with Crippen molar-refractivity contribution in [2.24, 2.45) is 4.99 Å². The molecule has 0 aliphatic carbocycles. The first-order valence-corrected chi connectivity index (χ1v) is 5.65. The minimum atomic E-state index is 1.06. The van der Waals surface area contributed by atoms with Crippen LogP contribution in [-0.2, 0) is 0 Å². The van der Waals surface area contributed by atoms with E-state index >= 15 is 0 Å². The second kappa shape index (κ2) is 6.03. The van der Waals surface area contributed by atoms with Gasteiger partial charge in [0.1, 0.15) is 0 Å². The molecule has 0 radical (unpaired) electrons. The lowest BCUT2D eigenvalue weighted by molar-refractivity contribution is 0.164. The van der Waals surface area contributed by atoms with Gasteiger partial charge in [-0.25, -0.2) is 0 Å². The van der Waals surface area contributed by atoms with E-state index in [1.807, 2.05) is 20.0 Å². The average molecular weight is 209 g/mol. The molecule has 0 amide bonds. The Morgan fingerprint density at radius 2 is 1.73 bits per heavy atom. The molecule has 1 heterocycles. The zero-order valence-corrected chi connectivity index (χ0v) is 10.5. The molecule has 3 heteroatoms. The Labute approximate surface area is 93.5 Å². The van der Waals surface area contributed by atoms with Gasteiger partial charge in [0.25, 0.3) is 0 Å². The average Bonchev–Trinajstić information content (AvgIpc) is 2.19. The first-order chi connectivity index (χ1) is 7.08. The highest BCUT2D eigenvalue weighted by Crippen LogP contribution is 2.03. The van der Waals surface area contributed by atoms with E-state index in [9.17, 15) is 0 Å². The molecule has 3 nitrogen and oxygen atoms in total. The molecule has 0 spiro atoms. The molecule has 0 atom stereocenters. The summed E-state index contributed by atoms with van der Waals surface area (Å²) in [4.78, 5) is 9.19. The third-order valence-electron chi connectivity index (χ3n) is 2.61. The molecule has 0 aromatic carbocycles. The summed E-state index contributed by atoms with van der Waals surface area (Å²) in [5.41, 5.74) is 2.47. The Bertz CT molecular complexity index is 244. The van der Waals surface area contributed by atoms with Gasteiger partial charge in [0.15, 0.2) is 0 Å². The molecule has 0 bridgehead atoms. The van der Waals surface area contributed by atoms with Crippen molar-refractivity contribution in [3.05, 3.63) is 11.8 Å². The van der Waals surface area contributed by atoms with E-state index in [2.05, 4.69) is 28.8 Å². The Morgan fingerprint density at radius 1 is 1.13 bits per heavy atom. The van der Waals surface area contributed by atoms with Gasteiger partial charge in [0.2, 0.25) is 0 Å². The number of likely N-dealkylation sites (N-methyl/N-ethyl adjacent to an activating group) is 1. The SMILES string of the molecule is CC(C)=N/C=C(\C)CN1CCN(C)CC1. The van der Waals surface area contributed by atoms with Crippen LogP contribution in [0.1, 0.15) is 20.8 Å². The fourth-order valence-corrected chi connectivity index (χ4v) is 1.64. The molecule has 86 valence electrons. The van der Waals surface area contributed by atoms with Crippen LogP contribution in [0.4, 0.5) is 0 Å². The van der Waals surface area contributed by atoms with E-state index in [1.54, 1.807) is 0 Å². The van der Waals surface area contributed by atoms with Crippen molar-refractivity contribution in [2.45, 2.75) is 20.8 Å². The van der Waals surface area contributed by atoms with Crippen molar-refractivity contribution in [3.63, 3.8) is 0 Å². The van der Waals surface area contributed by atoms with Gasteiger partial charge < -0.3 is 4.90 Å². The van der Waals surface area contributed by atoms with Gasteiger partial charge in [0.05, 0.1) is 0 Å². The van der Waals surface area contributed by atoms with E-state index in [4.69, 9.17) is 0 Å². The van der Waals surface area contributed by atoms with Gasteiger partial charge in [-0.15, -0.1) is 0 Å². The fourth-order valence-electron chi connectivity index (χ4n) is 1.64. The summed E-state index contributed by atoms with van der Waals surface area (Å²) >= 11 is 0. The van der Waals surface area contributed by atoms with Crippen molar-refractivity contribution in [1.82, 2.24) is 9.80 Å². The molecule has 0 aromatic heterocycles. The number of aliphatic imine (C=N–C) groups is 1. The maximum absolute atomic E-state index is 4.32. The second-order valence-electron chi connectivity index (χ2n) is 4.63. The molecule has 0 unspecified atom stereocenters. The van der Waals surface area contributed by atoms with Crippen molar-refractivity contribution in [2.75, 3.05) is 39.8 Å². The van der Waals surface area contributed by atoms with Crippen LogP contribution in [0.2, 0.25) is 0 Å². The van der Waals surface area contributed by atoms with Crippen LogP contribution < -0.4 is 0 Å². The first kappa shape index (κ1) is 12.4. The summed E-state index contributed by atoms with van der Waals surface area (Å²) < 4.78 is 0.